The molecule has 0 unspecified atom stereocenters. The average molecular weight is 144 g/mol. The second-order valence-corrected chi connectivity index (χ2v) is 2.53. The summed E-state index contributed by atoms with van der Waals surface area (Å²) in [6.07, 6.45) is 1.88. The molecule has 0 bridgehead atoms. The van der Waals surface area contributed by atoms with Crippen LogP contribution in [0.15, 0.2) is 0 Å². The summed E-state index contributed by atoms with van der Waals surface area (Å²) in [4.78, 5) is 10.8. The van der Waals surface area contributed by atoms with Gasteiger partial charge in [0, 0.05) is 13.0 Å². The number of nitrogens with two attached hydrogens (primary N) is 1. The first-order valence-electron chi connectivity index (χ1n) is 3.31. The molecular formula is C6H12N2O2. The molecule has 0 atom stereocenters. The van der Waals surface area contributed by atoms with Crippen molar-refractivity contribution in [2.45, 2.75) is 18.9 Å². The summed E-state index contributed by atoms with van der Waals surface area (Å²) in [5.74, 6) is 4.93. The summed E-state index contributed by atoms with van der Waals surface area (Å²) < 4.78 is 4.99. The van der Waals surface area contributed by atoms with E-state index < -0.39 is 0 Å². The SMILES string of the molecule is COC1CC(C(=O)NN)C1. The van der Waals surface area contributed by atoms with Crippen molar-refractivity contribution in [3.63, 3.8) is 0 Å². The van der Waals surface area contributed by atoms with Crippen molar-refractivity contribution < 1.29 is 9.53 Å². The zero-order valence-corrected chi connectivity index (χ0v) is 5.96. The molecule has 0 aromatic heterocycles. The maximum atomic E-state index is 10.8. The van der Waals surface area contributed by atoms with Crippen molar-refractivity contribution in [1.29, 1.82) is 0 Å². The Kier molecular flexibility index (Phi) is 2.24. The van der Waals surface area contributed by atoms with Crippen molar-refractivity contribution in [3.8, 4) is 0 Å². The lowest BCUT2D eigenvalue weighted by Crippen LogP contribution is -2.44. The molecule has 1 aliphatic carbocycles. The lowest BCUT2D eigenvalue weighted by Gasteiger charge is -2.32. The Balaban J connectivity index is 2.19. The minimum atomic E-state index is -0.0756. The second-order valence-electron chi connectivity index (χ2n) is 2.53. The van der Waals surface area contributed by atoms with Gasteiger partial charge >= 0.3 is 0 Å². The van der Waals surface area contributed by atoms with Gasteiger partial charge in [-0.1, -0.05) is 0 Å². The molecule has 0 aromatic carbocycles. The molecule has 10 heavy (non-hydrogen) atoms. The molecule has 1 aliphatic rings. The van der Waals surface area contributed by atoms with E-state index in [0.29, 0.717) is 0 Å². The predicted octanol–water partition coefficient (Wildman–Crippen LogP) is -0.599. The highest BCUT2D eigenvalue weighted by Crippen LogP contribution is 2.29. The van der Waals surface area contributed by atoms with Crippen LogP contribution in [0, 0.1) is 5.92 Å². The highest BCUT2D eigenvalue weighted by atomic mass is 16.5. The number of amides is 1. The zero-order valence-electron chi connectivity index (χ0n) is 5.96. The third-order valence-corrected chi connectivity index (χ3v) is 1.94. The molecule has 0 heterocycles. The van der Waals surface area contributed by atoms with Gasteiger partial charge < -0.3 is 4.74 Å². The van der Waals surface area contributed by atoms with Crippen LogP contribution in [0.4, 0.5) is 0 Å². The number of rotatable bonds is 2. The largest absolute Gasteiger partial charge is 0.381 e. The Morgan fingerprint density at radius 1 is 1.70 bits per heavy atom. The van der Waals surface area contributed by atoms with Gasteiger partial charge in [0.2, 0.25) is 5.91 Å². The Labute approximate surface area is 59.7 Å². The molecule has 0 saturated heterocycles. The fourth-order valence-corrected chi connectivity index (χ4v) is 1.09. The Hall–Kier alpha value is -0.610. The van der Waals surface area contributed by atoms with Gasteiger partial charge in [-0.15, -0.1) is 0 Å². The molecule has 1 saturated carbocycles. The Morgan fingerprint density at radius 2 is 2.30 bits per heavy atom. The van der Waals surface area contributed by atoms with Crippen LogP contribution in [-0.4, -0.2) is 19.1 Å². The monoisotopic (exact) mass is 144 g/mol. The van der Waals surface area contributed by atoms with Crippen LogP contribution in [0.5, 0.6) is 0 Å². The van der Waals surface area contributed by atoms with Crippen molar-refractivity contribution in [1.82, 2.24) is 5.43 Å². The number of carbonyl (C=O) groups excluding carboxylic acids is 1. The lowest BCUT2D eigenvalue weighted by molar-refractivity contribution is -0.132. The second kappa shape index (κ2) is 2.98. The van der Waals surface area contributed by atoms with E-state index in [-0.39, 0.29) is 17.9 Å². The summed E-state index contributed by atoms with van der Waals surface area (Å²) in [5, 5.41) is 0. The highest BCUT2D eigenvalue weighted by molar-refractivity contribution is 5.78. The number of carbonyl (C=O) groups is 1. The molecule has 1 fully saturated rings. The molecule has 1 amide bonds. The van der Waals surface area contributed by atoms with Gasteiger partial charge in [-0.25, -0.2) is 5.84 Å². The van der Waals surface area contributed by atoms with E-state index in [1.54, 1.807) is 7.11 Å². The molecule has 0 aliphatic heterocycles. The minimum absolute atomic E-state index is 0.0756. The molecule has 0 spiro atoms. The van der Waals surface area contributed by atoms with E-state index in [4.69, 9.17) is 10.6 Å². The number of hydrogen-bond acceptors (Lipinski definition) is 3. The van der Waals surface area contributed by atoms with E-state index in [9.17, 15) is 4.79 Å². The predicted molar refractivity (Wildman–Crippen MR) is 35.9 cm³/mol. The van der Waals surface area contributed by atoms with Crippen molar-refractivity contribution >= 4 is 5.91 Å². The molecule has 4 nitrogen and oxygen atoms in total. The smallest absolute Gasteiger partial charge is 0.237 e. The Morgan fingerprint density at radius 3 is 2.70 bits per heavy atom. The number of nitrogens with one attached hydrogen (secondary N) is 1. The van der Waals surface area contributed by atoms with E-state index in [1.165, 1.54) is 0 Å². The maximum Gasteiger partial charge on any atom is 0.237 e. The zero-order chi connectivity index (χ0) is 7.56. The lowest BCUT2D eigenvalue weighted by atomic mass is 9.82. The molecule has 0 radical (unpaired) electrons. The van der Waals surface area contributed by atoms with Crippen LogP contribution in [-0.2, 0) is 9.53 Å². The van der Waals surface area contributed by atoms with Crippen LogP contribution < -0.4 is 11.3 Å². The summed E-state index contributed by atoms with van der Waals surface area (Å²) in [5.41, 5.74) is 2.12. The summed E-state index contributed by atoms with van der Waals surface area (Å²) in [7, 11) is 1.65. The molecule has 4 heteroatoms. The number of hydrazine groups is 1. The topological polar surface area (TPSA) is 64.3 Å². The van der Waals surface area contributed by atoms with Crippen LogP contribution in [0.3, 0.4) is 0 Å². The van der Waals surface area contributed by atoms with Crippen molar-refractivity contribution in [2.75, 3.05) is 7.11 Å². The fourth-order valence-electron chi connectivity index (χ4n) is 1.09. The molecule has 1 rings (SSSR count). The van der Waals surface area contributed by atoms with Gasteiger partial charge in [-0.3, -0.25) is 10.2 Å². The van der Waals surface area contributed by atoms with Crippen molar-refractivity contribution in [2.24, 2.45) is 11.8 Å². The molecule has 3 N–H and O–H groups in total. The van der Waals surface area contributed by atoms with Gasteiger partial charge in [0.25, 0.3) is 0 Å². The first-order chi connectivity index (χ1) is 4.77. The maximum absolute atomic E-state index is 10.8. The number of hydrogen-bond donors (Lipinski definition) is 2. The van der Waals surface area contributed by atoms with E-state index in [0.717, 1.165) is 12.8 Å². The van der Waals surface area contributed by atoms with Gasteiger partial charge in [-0.2, -0.15) is 0 Å². The molecule has 0 aromatic rings. The standard InChI is InChI=1S/C6H12N2O2/c1-10-5-2-4(3-5)6(9)8-7/h4-5H,2-3,7H2,1H3,(H,8,9). The van der Waals surface area contributed by atoms with Crippen LogP contribution in [0.1, 0.15) is 12.8 Å². The summed E-state index contributed by atoms with van der Waals surface area (Å²) in [6, 6.07) is 0. The number of methoxy groups -OCH3 is 1. The van der Waals surface area contributed by atoms with E-state index >= 15 is 0 Å². The van der Waals surface area contributed by atoms with Gasteiger partial charge in [-0.05, 0) is 12.8 Å². The molecular weight excluding hydrogens is 132 g/mol. The fraction of sp³-hybridized carbons (Fsp3) is 0.833. The third kappa shape index (κ3) is 1.27. The van der Waals surface area contributed by atoms with Crippen LogP contribution >= 0.6 is 0 Å². The summed E-state index contributed by atoms with van der Waals surface area (Å²) in [6.45, 7) is 0. The van der Waals surface area contributed by atoms with Gasteiger partial charge in [0.05, 0.1) is 6.10 Å². The minimum Gasteiger partial charge on any atom is -0.381 e. The summed E-state index contributed by atoms with van der Waals surface area (Å²) >= 11 is 0. The van der Waals surface area contributed by atoms with Crippen LogP contribution in [0.25, 0.3) is 0 Å². The first kappa shape index (κ1) is 7.50. The molecule has 58 valence electrons. The first-order valence-corrected chi connectivity index (χ1v) is 3.31. The number of ether oxygens (including phenoxy) is 1. The average Bonchev–Trinajstić information content (AvgIpc) is 1.85. The normalized spacial score (nSPS) is 31.0. The van der Waals surface area contributed by atoms with E-state index in [2.05, 4.69) is 5.43 Å². The quantitative estimate of drug-likeness (QED) is 0.309. The van der Waals surface area contributed by atoms with Crippen molar-refractivity contribution in [3.05, 3.63) is 0 Å². The van der Waals surface area contributed by atoms with Gasteiger partial charge in [0.1, 0.15) is 0 Å². The van der Waals surface area contributed by atoms with Gasteiger partial charge in [0.15, 0.2) is 0 Å². The van der Waals surface area contributed by atoms with Crippen LogP contribution in [0.2, 0.25) is 0 Å². The highest BCUT2D eigenvalue weighted by Gasteiger charge is 2.33. The third-order valence-electron chi connectivity index (χ3n) is 1.94. The van der Waals surface area contributed by atoms with E-state index in [1.807, 2.05) is 0 Å². The Bertz CT molecular complexity index is 132.